The molecule has 3 N–H and O–H groups in total. The van der Waals surface area contributed by atoms with Crippen molar-refractivity contribution in [2.24, 2.45) is 10.9 Å². The van der Waals surface area contributed by atoms with E-state index in [1.165, 1.54) is 0 Å². The smallest absolute Gasteiger partial charge is 0.260 e. The number of benzene rings is 2. The summed E-state index contributed by atoms with van der Waals surface area (Å²) in [7, 11) is 3.28. The molecule has 218 valence electrons. The highest BCUT2D eigenvalue weighted by Gasteiger charge is 2.33. The molecule has 4 rings (SSSR count). The SMILES string of the molecule is CCCOc1cc2c(cc1OC)C(=O)N1C=C(c3ccc(NC(=O)[C@H](C)NC(=O)[C@@H](NC)C(C)C)cc3)C[C@H]1C=N2. The number of carbonyl (C=O) groups is 3. The van der Waals surface area contributed by atoms with Crippen LogP contribution in [0.1, 0.15) is 56.5 Å². The number of hydrogen-bond acceptors (Lipinski definition) is 7. The first kappa shape index (κ1) is 29.8. The maximum Gasteiger partial charge on any atom is 0.260 e. The molecule has 0 saturated carbocycles. The van der Waals surface area contributed by atoms with Crippen LogP contribution in [0.2, 0.25) is 0 Å². The lowest BCUT2D eigenvalue weighted by atomic mass is 10.0. The van der Waals surface area contributed by atoms with E-state index in [9.17, 15) is 14.4 Å². The average Bonchev–Trinajstić information content (AvgIpc) is 3.34. The molecule has 2 aliphatic rings. The molecule has 2 aromatic rings. The third-order valence-corrected chi connectivity index (χ3v) is 7.21. The highest BCUT2D eigenvalue weighted by Crippen LogP contribution is 2.39. The number of methoxy groups -OCH3 is 1. The Balaban J connectivity index is 1.44. The Morgan fingerprint density at radius 3 is 2.46 bits per heavy atom. The van der Waals surface area contributed by atoms with Crippen LogP contribution in [-0.4, -0.2) is 67.7 Å². The van der Waals surface area contributed by atoms with Crippen LogP contribution in [0.25, 0.3) is 5.57 Å². The van der Waals surface area contributed by atoms with E-state index in [1.54, 1.807) is 44.3 Å². The molecule has 0 radical (unpaired) electrons. The Morgan fingerprint density at radius 1 is 1.10 bits per heavy atom. The molecule has 3 amide bonds. The molecule has 0 fully saturated rings. The molecule has 0 bridgehead atoms. The Bertz CT molecular complexity index is 1350. The second-order valence-electron chi connectivity index (χ2n) is 10.6. The maximum atomic E-state index is 13.5. The van der Waals surface area contributed by atoms with Crippen LogP contribution in [0, 0.1) is 5.92 Å². The molecule has 0 aromatic heterocycles. The molecule has 0 saturated heterocycles. The summed E-state index contributed by atoms with van der Waals surface area (Å²) in [6.45, 7) is 8.11. The molecule has 2 aromatic carbocycles. The summed E-state index contributed by atoms with van der Waals surface area (Å²) < 4.78 is 11.3. The minimum Gasteiger partial charge on any atom is -0.493 e. The van der Waals surface area contributed by atoms with Gasteiger partial charge in [0.25, 0.3) is 5.91 Å². The largest absolute Gasteiger partial charge is 0.493 e. The summed E-state index contributed by atoms with van der Waals surface area (Å²) in [5.74, 6) is 0.474. The lowest BCUT2D eigenvalue weighted by molar-refractivity contribution is -0.128. The Kier molecular flexibility index (Phi) is 9.44. The van der Waals surface area contributed by atoms with Crippen LogP contribution in [0.5, 0.6) is 11.5 Å². The van der Waals surface area contributed by atoms with Gasteiger partial charge in [-0.3, -0.25) is 19.4 Å². The van der Waals surface area contributed by atoms with E-state index in [2.05, 4.69) is 20.9 Å². The fourth-order valence-corrected chi connectivity index (χ4v) is 4.94. The molecule has 10 heteroatoms. The second-order valence-corrected chi connectivity index (χ2v) is 10.6. The van der Waals surface area contributed by atoms with E-state index in [4.69, 9.17) is 9.47 Å². The topological polar surface area (TPSA) is 121 Å². The lowest BCUT2D eigenvalue weighted by Gasteiger charge is -2.22. The van der Waals surface area contributed by atoms with Crippen molar-refractivity contribution in [2.75, 3.05) is 26.1 Å². The van der Waals surface area contributed by atoms with Gasteiger partial charge in [-0.25, -0.2) is 0 Å². The predicted molar refractivity (Wildman–Crippen MR) is 160 cm³/mol. The summed E-state index contributed by atoms with van der Waals surface area (Å²) in [5.41, 5.74) is 3.55. The summed E-state index contributed by atoms with van der Waals surface area (Å²) >= 11 is 0. The number of hydrogen-bond donors (Lipinski definition) is 3. The first-order chi connectivity index (χ1) is 19.7. The minimum absolute atomic E-state index is 0.0920. The number of nitrogens with one attached hydrogen (secondary N) is 3. The highest BCUT2D eigenvalue weighted by atomic mass is 16.5. The van der Waals surface area contributed by atoms with Crippen LogP contribution in [0.4, 0.5) is 11.4 Å². The average molecular weight is 562 g/mol. The normalized spacial score (nSPS) is 17.2. The van der Waals surface area contributed by atoms with Crippen molar-refractivity contribution >= 4 is 40.9 Å². The van der Waals surface area contributed by atoms with E-state index in [-0.39, 0.29) is 35.7 Å². The Hall–Kier alpha value is -4.18. The van der Waals surface area contributed by atoms with Crippen molar-refractivity contribution < 1.29 is 23.9 Å². The van der Waals surface area contributed by atoms with Gasteiger partial charge in [-0.2, -0.15) is 0 Å². The van der Waals surface area contributed by atoms with Gasteiger partial charge in [0.05, 0.1) is 37.1 Å². The fourth-order valence-electron chi connectivity index (χ4n) is 4.94. The zero-order valence-electron chi connectivity index (χ0n) is 24.5. The predicted octanol–water partition coefficient (Wildman–Crippen LogP) is 4.14. The number of fused-ring (bicyclic) bond motifs is 2. The number of nitrogens with zero attached hydrogens (tertiary/aromatic N) is 2. The number of anilines is 1. The second kappa shape index (κ2) is 13.0. The van der Waals surface area contributed by atoms with Gasteiger partial charge in [0.2, 0.25) is 11.8 Å². The van der Waals surface area contributed by atoms with Crippen molar-refractivity contribution in [2.45, 2.75) is 58.7 Å². The van der Waals surface area contributed by atoms with E-state index in [0.717, 1.165) is 17.6 Å². The van der Waals surface area contributed by atoms with Gasteiger partial charge >= 0.3 is 0 Å². The van der Waals surface area contributed by atoms with E-state index in [1.807, 2.05) is 51.2 Å². The van der Waals surface area contributed by atoms with Crippen molar-refractivity contribution in [3.63, 3.8) is 0 Å². The first-order valence-electron chi connectivity index (χ1n) is 14.0. The van der Waals surface area contributed by atoms with Gasteiger partial charge in [-0.15, -0.1) is 0 Å². The molecule has 2 heterocycles. The molecule has 0 unspecified atom stereocenters. The number of ether oxygens (including phenoxy) is 2. The van der Waals surface area contributed by atoms with Crippen LogP contribution in [0.3, 0.4) is 0 Å². The molecule has 41 heavy (non-hydrogen) atoms. The standard InChI is InChI=1S/C31H39N5O5/c1-7-12-41-27-15-25-24(14-26(27)40-6)31(39)36-17-21(13-23(36)16-33-25)20-8-10-22(11-9-20)35-29(37)19(4)34-30(38)28(32-5)18(2)3/h8-11,14-19,23,28,32H,7,12-13H2,1-6H3,(H,34,38)(H,35,37)/t19-,23-,28-/m0/s1. The number of amides is 3. The number of aliphatic imine (C=N–C) groups is 1. The summed E-state index contributed by atoms with van der Waals surface area (Å²) in [4.78, 5) is 45.0. The molecule has 0 aliphatic carbocycles. The van der Waals surface area contributed by atoms with Gasteiger partial charge in [-0.05, 0) is 55.6 Å². The van der Waals surface area contributed by atoms with Crippen molar-refractivity contribution in [1.29, 1.82) is 0 Å². The molecular formula is C31H39N5O5. The van der Waals surface area contributed by atoms with Crippen LogP contribution in [-0.2, 0) is 9.59 Å². The van der Waals surface area contributed by atoms with Crippen LogP contribution < -0.4 is 25.4 Å². The quantitative estimate of drug-likeness (QED) is 0.379. The first-order valence-corrected chi connectivity index (χ1v) is 14.0. The van der Waals surface area contributed by atoms with E-state index >= 15 is 0 Å². The number of likely N-dealkylation sites (N-methyl/N-ethyl adjacent to an activating group) is 1. The van der Waals surface area contributed by atoms with Crippen molar-refractivity contribution in [3.05, 3.63) is 53.7 Å². The zero-order valence-corrected chi connectivity index (χ0v) is 24.5. The van der Waals surface area contributed by atoms with Crippen LogP contribution >= 0.6 is 0 Å². The fraction of sp³-hybridized carbons (Fsp3) is 0.419. The number of rotatable bonds is 11. The van der Waals surface area contributed by atoms with Crippen molar-refractivity contribution in [1.82, 2.24) is 15.5 Å². The lowest BCUT2D eigenvalue weighted by Crippen LogP contribution is -2.51. The van der Waals surface area contributed by atoms with Gasteiger partial charge in [0.1, 0.15) is 6.04 Å². The van der Waals surface area contributed by atoms with Gasteiger partial charge in [0, 0.05) is 30.6 Å². The zero-order chi connectivity index (χ0) is 29.7. The molecule has 10 nitrogen and oxygen atoms in total. The molecular weight excluding hydrogens is 522 g/mol. The molecule has 2 aliphatic heterocycles. The van der Waals surface area contributed by atoms with E-state index < -0.39 is 6.04 Å². The third-order valence-electron chi connectivity index (χ3n) is 7.21. The van der Waals surface area contributed by atoms with E-state index in [0.29, 0.717) is 41.5 Å². The minimum atomic E-state index is -0.699. The summed E-state index contributed by atoms with van der Waals surface area (Å²) in [5, 5.41) is 8.60. The van der Waals surface area contributed by atoms with Gasteiger partial charge in [0.15, 0.2) is 11.5 Å². The van der Waals surface area contributed by atoms with Gasteiger partial charge < -0.3 is 30.3 Å². The number of carbonyl (C=O) groups excluding carboxylic acids is 3. The Morgan fingerprint density at radius 2 is 1.83 bits per heavy atom. The summed E-state index contributed by atoms with van der Waals surface area (Å²) in [6.07, 6.45) is 5.12. The maximum absolute atomic E-state index is 13.5. The summed E-state index contributed by atoms with van der Waals surface area (Å²) in [6, 6.07) is 9.59. The van der Waals surface area contributed by atoms with Crippen LogP contribution in [0.15, 0.2) is 47.6 Å². The highest BCUT2D eigenvalue weighted by molar-refractivity contribution is 6.05. The monoisotopic (exact) mass is 561 g/mol. The van der Waals surface area contributed by atoms with Gasteiger partial charge in [-0.1, -0.05) is 32.9 Å². The van der Waals surface area contributed by atoms with Crippen molar-refractivity contribution in [3.8, 4) is 11.5 Å². The molecule has 3 atom stereocenters. The Labute approximate surface area is 241 Å². The molecule has 0 spiro atoms. The third kappa shape index (κ3) is 6.59.